The molecule has 0 radical (unpaired) electrons. The number of aliphatic carboxylic acids is 1. The lowest BCUT2D eigenvalue weighted by atomic mass is 10.1. The van der Waals surface area contributed by atoms with Crippen molar-refractivity contribution in [1.82, 2.24) is 4.98 Å². The highest BCUT2D eigenvalue weighted by molar-refractivity contribution is 7.92. The van der Waals surface area contributed by atoms with Crippen LogP contribution < -0.4 is 4.31 Å². The number of rotatable bonds is 5. The predicted molar refractivity (Wildman–Crippen MR) is 82.9 cm³/mol. The van der Waals surface area contributed by atoms with E-state index in [9.17, 15) is 13.2 Å². The second-order valence-corrected chi connectivity index (χ2v) is 6.29. The quantitative estimate of drug-likeness (QED) is 0.852. The molecule has 1 aromatic carbocycles. The first-order chi connectivity index (χ1) is 10.4. The second kappa shape index (κ2) is 6.40. The number of carbonyl (C=O) groups is 1. The normalized spacial score (nSPS) is 11.5. The Morgan fingerprint density at radius 1 is 1.18 bits per heavy atom. The molecule has 2 aromatic rings. The maximum Gasteiger partial charge on any atom is 0.328 e. The molecule has 0 aliphatic heterocycles. The summed E-state index contributed by atoms with van der Waals surface area (Å²) in [6, 6.07) is 11.2. The highest BCUT2D eigenvalue weighted by Crippen LogP contribution is 2.25. The molecule has 0 bridgehead atoms. The lowest BCUT2D eigenvalue weighted by Gasteiger charge is -2.20. The third kappa shape index (κ3) is 3.32. The van der Waals surface area contributed by atoms with Crippen LogP contribution in [0.3, 0.4) is 0 Å². The van der Waals surface area contributed by atoms with Crippen LogP contribution in [0.4, 0.5) is 5.69 Å². The summed E-state index contributed by atoms with van der Waals surface area (Å²) in [5.41, 5.74) is 0.845. The summed E-state index contributed by atoms with van der Waals surface area (Å²) in [4.78, 5) is 14.5. The van der Waals surface area contributed by atoms with E-state index in [1.54, 1.807) is 36.4 Å². The smallest absolute Gasteiger partial charge is 0.328 e. The first-order valence-electron chi connectivity index (χ1n) is 6.33. The molecule has 22 heavy (non-hydrogen) atoms. The summed E-state index contributed by atoms with van der Waals surface area (Å²) in [6.45, 7) is 0. The van der Waals surface area contributed by atoms with Crippen molar-refractivity contribution >= 4 is 27.8 Å². The van der Waals surface area contributed by atoms with E-state index < -0.39 is 16.0 Å². The molecule has 0 spiro atoms. The minimum Gasteiger partial charge on any atom is -0.478 e. The molecular formula is C15H14N2O4S. The molecule has 0 atom stereocenters. The van der Waals surface area contributed by atoms with Gasteiger partial charge in [0.25, 0.3) is 10.0 Å². The topological polar surface area (TPSA) is 87.6 Å². The van der Waals surface area contributed by atoms with Gasteiger partial charge in [0.15, 0.2) is 5.03 Å². The van der Waals surface area contributed by atoms with Crippen molar-refractivity contribution in [3.05, 3.63) is 60.3 Å². The first kappa shape index (κ1) is 15.7. The molecule has 0 saturated heterocycles. The first-order valence-corrected chi connectivity index (χ1v) is 7.77. The Balaban J connectivity index is 2.46. The van der Waals surface area contributed by atoms with Gasteiger partial charge in [-0.25, -0.2) is 9.78 Å². The summed E-state index contributed by atoms with van der Waals surface area (Å²) in [7, 11) is -2.41. The van der Waals surface area contributed by atoms with Gasteiger partial charge in [-0.05, 0) is 29.8 Å². The van der Waals surface area contributed by atoms with Gasteiger partial charge >= 0.3 is 5.97 Å². The van der Waals surface area contributed by atoms with Crippen LogP contribution in [0.1, 0.15) is 5.56 Å². The Morgan fingerprint density at radius 3 is 2.50 bits per heavy atom. The Hall–Kier alpha value is -2.67. The number of nitrogens with zero attached hydrogens (tertiary/aromatic N) is 2. The van der Waals surface area contributed by atoms with Gasteiger partial charge in [0.05, 0.1) is 5.69 Å². The van der Waals surface area contributed by atoms with Gasteiger partial charge in [0, 0.05) is 19.3 Å². The Kier molecular flexibility index (Phi) is 4.57. The van der Waals surface area contributed by atoms with E-state index in [0.29, 0.717) is 11.3 Å². The van der Waals surface area contributed by atoms with Crippen LogP contribution in [-0.4, -0.2) is 31.5 Å². The Morgan fingerprint density at radius 2 is 1.86 bits per heavy atom. The highest BCUT2D eigenvalue weighted by atomic mass is 32.2. The molecule has 6 nitrogen and oxygen atoms in total. The van der Waals surface area contributed by atoms with Crippen molar-refractivity contribution in [3.8, 4) is 0 Å². The van der Waals surface area contributed by atoms with Crippen LogP contribution in [-0.2, 0) is 14.8 Å². The molecule has 1 heterocycles. The number of carboxylic acid groups (broad SMARTS) is 1. The SMILES string of the molecule is CN(c1ccccc1/C=C/C(=O)O)S(=O)(=O)c1ccccn1. The second-order valence-electron chi connectivity index (χ2n) is 4.37. The third-order valence-corrected chi connectivity index (χ3v) is 4.63. The monoisotopic (exact) mass is 318 g/mol. The number of para-hydroxylation sites is 1. The third-order valence-electron chi connectivity index (χ3n) is 2.94. The molecule has 114 valence electrons. The van der Waals surface area contributed by atoms with Gasteiger partial charge in [-0.3, -0.25) is 4.31 Å². The number of sulfonamides is 1. The number of carboxylic acids is 1. The number of hydrogen-bond donors (Lipinski definition) is 1. The summed E-state index contributed by atoms with van der Waals surface area (Å²) < 4.78 is 26.2. The van der Waals surface area contributed by atoms with E-state index in [4.69, 9.17) is 5.11 Å². The average molecular weight is 318 g/mol. The van der Waals surface area contributed by atoms with E-state index in [2.05, 4.69) is 4.98 Å². The molecule has 0 amide bonds. The minimum absolute atomic E-state index is 0.0745. The standard InChI is InChI=1S/C15H14N2O4S/c1-17(22(20,21)14-8-4-5-11-16-14)13-7-3-2-6-12(13)9-10-15(18)19/h2-11H,1H3,(H,18,19)/b10-9+. The molecular weight excluding hydrogens is 304 g/mol. The van der Waals surface area contributed by atoms with Crippen molar-refractivity contribution in [1.29, 1.82) is 0 Å². The number of aromatic nitrogens is 1. The Labute approximate surface area is 128 Å². The largest absolute Gasteiger partial charge is 0.478 e. The maximum atomic E-state index is 12.5. The average Bonchev–Trinajstić information content (AvgIpc) is 2.53. The van der Waals surface area contributed by atoms with Gasteiger partial charge in [0.1, 0.15) is 0 Å². The molecule has 1 aromatic heterocycles. The van der Waals surface area contributed by atoms with Crippen LogP contribution in [0.15, 0.2) is 59.8 Å². The Bertz CT molecular complexity index is 801. The molecule has 0 unspecified atom stereocenters. The highest BCUT2D eigenvalue weighted by Gasteiger charge is 2.23. The molecule has 0 aliphatic carbocycles. The van der Waals surface area contributed by atoms with Crippen LogP contribution in [0.2, 0.25) is 0 Å². The van der Waals surface area contributed by atoms with E-state index in [-0.39, 0.29) is 5.03 Å². The molecule has 2 rings (SSSR count). The number of hydrogen-bond acceptors (Lipinski definition) is 4. The summed E-state index contributed by atoms with van der Waals surface area (Å²) in [6.07, 6.45) is 3.71. The minimum atomic E-state index is -3.81. The van der Waals surface area contributed by atoms with Gasteiger partial charge < -0.3 is 5.11 Å². The van der Waals surface area contributed by atoms with Gasteiger partial charge in [-0.1, -0.05) is 24.3 Å². The zero-order chi connectivity index (χ0) is 16.2. The van der Waals surface area contributed by atoms with Gasteiger partial charge in [-0.2, -0.15) is 8.42 Å². The molecule has 1 N–H and O–H groups in total. The van der Waals surface area contributed by atoms with Crippen LogP contribution >= 0.6 is 0 Å². The van der Waals surface area contributed by atoms with Crippen molar-refractivity contribution in [2.45, 2.75) is 5.03 Å². The number of benzene rings is 1. The fourth-order valence-corrected chi connectivity index (χ4v) is 3.00. The summed E-state index contributed by atoms with van der Waals surface area (Å²) in [5.74, 6) is -1.11. The van der Waals surface area contributed by atoms with E-state index >= 15 is 0 Å². The molecule has 0 fully saturated rings. The lowest BCUT2D eigenvalue weighted by molar-refractivity contribution is -0.131. The number of pyridine rings is 1. The van der Waals surface area contributed by atoms with Gasteiger partial charge in [-0.15, -0.1) is 0 Å². The van der Waals surface area contributed by atoms with Crippen molar-refractivity contribution in [2.24, 2.45) is 0 Å². The molecule has 0 saturated carbocycles. The lowest BCUT2D eigenvalue weighted by Crippen LogP contribution is -2.27. The maximum absolute atomic E-state index is 12.5. The number of anilines is 1. The van der Waals surface area contributed by atoms with Crippen LogP contribution in [0.5, 0.6) is 0 Å². The zero-order valence-corrected chi connectivity index (χ0v) is 12.6. The van der Waals surface area contributed by atoms with Crippen LogP contribution in [0, 0.1) is 0 Å². The van der Waals surface area contributed by atoms with Crippen molar-refractivity contribution in [2.75, 3.05) is 11.4 Å². The van der Waals surface area contributed by atoms with E-state index in [1.807, 2.05) is 0 Å². The van der Waals surface area contributed by atoms with Crippen molar-refractivity contribution in [3.63, 3.8) is 0 Å². The van der Waals surface area contributed by atoms with Gasteiger partial charge in [0.2, 0.25) is 0 Å². The summed E-state index contributed by atoms with van der Waals surface area (Å²) >= 11 is 0. The molecule has 0 aliphatic rings. The summed E-state index contributed by atoms with van der Waals surface area (Å²) in [5, 5.41) is 8.64. The van der Waals surface area contributed by atoms with E-state index in [1.165, 1.54) is 25.4 Å². The van der Waals surface area contributed by atoms with Crippen LogP contribution in [0.25, 0.3) is 6.08 Å². The van der Waals surface area contributed by atoms with E-state index in [0.717, 1.165) is 10.4 Å². The fourth-order valence-electron chi connectivity index (χ4n) is 1.85. The molecule has 7 heteroatoms. The van der Waals surface area contributed by atoms with Crippen molar-refractivity contribution < 1.29 is 18.3 Å². The predicted octanol–water partition coefficient (Wildman–Crippen LogP) is 2.00. The fraction of sp³-hybridized carbons (Fsp3) is 0.0667. The zero-order valence-electron chi connectivity index (χ0n) is 11.7.